The highest BCUT2D eigenvalue weighted by atomic mass is 19.1. The molecule has 2 atom stereocenters. The molecule has 0 radical (unpaired) electrons. The number of halogens is 2. The second-order valence-corrected chi connectivity index (χ2v) is 4.86. The van der Waals surface area contributed by atoms with Crippen molar-refractivity contribution in [3.63, 3.8) is 0 Å². The first kappa shape index (κ1) is 14.4. The highest BCUT2D eigenvalue weighted by molar-refractivity contribution is 6.08. The molecule has 108 valence electrons. The van der Waals surface area contributed by atoms with Crippen LogP contribution in [-0.2, 0) is 9.59 Å². The maximum Gasteiger partial charge on any atom is 0.250 e. The lowest BCUT2D eigenvalue weighted by Gasteiger charge is -2.37. The van der Waals surface area contributed by atoms with Crippen LogP contribution in [0.3, 0.4) is 0 Å². The van der Waals surface area contributed by atoms with Gasteiger partial charge in [-0.2, -0.15) is 0 Å². The normalized spacial score (nSPS) is 22.9. The molecule has 2 amide bonds. The fraction of sp³-hybridized carbons (Fsp3) is 0.429. The zero-order valence-electron chi connectivity index (χ0n) is 11.3. The summed E-state index contributed by atoms with van der Waals surface area (Å²) in [5.41, 5.74) is 0.0657. The number of piperazine rings is 1. The fourth-order valence-corrected chi connectivity index (χ4v) is 2.34. The first-order valence-electron chi connectivity index (χ1n) is 6.53. The van der Waals surface area contributed by atoms with E-state index in [1.54, 1.807) is 0 Å². The highest BCUT2D eigenvalue weighted by Crippen LogP contribution is 2.24. The summed E-state index contributed by atoms with van der Waals surface area (Å²) in [6, 6.07) is 1.40. The van der Waals surface area contributed by atoms with Crippen LogP contribution in [0.5, 0.6) is 0 Å². The second-order valence-electron chi connectivity index (χ2n) is 4.86. The molecule has 0 spiro atoms. The molecule has 6 heteroatoms. The number of carbonyl (C=O) groups is 2. The largest absolute Gasteiger partial charge is 0.342 e. The van der Waals surface area contributed by atoms with Crippen molar-refractivity contribution in [2.45, 2.75) is 38.8 Å². The molecule has 20 heavy (non-hydrogen) atoms. The van der Waals surface area contributed by atoms with E-state index < -0.39 is 23.7 Å². The Hall–Kier alpha value is -1.98. The fourth-order valence-electron chi connectivity index (χ4n) is 2.34. The average Bonchev–Trinajstić information content (AvgIpc) is 2.35. The predicted octanol–water partition coefficient (Wildman–Crippen LogP) is 1.98. The molecule has 4 nitrogen and oxygen atoms in total. The molecule has 1 fully saturated rings. The van der Waals surface area contributed by atoms with E-state index in [0.29, 0.717) is 6.42 Å². The molecule has 2 unspecified atom stereocenters. The molecule has 2 rings (SSSR count). The summed E-state index contributed by atoms with van der Waals surface area (Å²) in [4.78, 5) is 25.4. The van der Waals surface area contributed by atoms with E-state index in [2.05, 4.69) is 5.32 Å². The monoisotopic (exact) mass is 282 g/mol. The molecule has 0 bridgehead atoms. The van der Waals surface area contributed by atoms with E-state index in [0.717, 1.165) is 29.5 Å². The SMILES string of the molecule is CCCC1NC(=O)C(C)N(c2cc(F)cc(F)c2)C1=O. The topological polar surface area (TPSA) is 49.4 Å². The van der Waals surface area contributed by atoms with Crippen LogP contribution in [0.2, 0.25) is 0 Å². The molecule has 1 aromatic carbocycles. The van der Waals surface area contributed by atoms with Crippen LogP contribution < -0.4 is 10.2 Å². The minimum atomic E-state index is -0.795. The first-order valence-corrected chi connectivity index (χ1v) is 6.53. The maximum atomic E-state index is 13.3. The smallest absolute Gasteiger partial charge is 0.250 e. The van der Waals surface area contributed by atoms with Gasteiger partial charge in [-0.25, -0.2) is 8.78 Å². The van der Waals surface area contributed by atoms with E-state index in [4.69, 9.17) is 0 Å². The standard InChI is InChI=1S/C14H16F2N2O2/c1-3-4-12-14(20)18(8(2)13(19)17-12)11-6-9(15)5-10(16)7-11/h5-8,12H,3-4H2,1-2H3,(H,17,19). The van der Waals surface area contributed by atoms with Gasteiger partial charge in [0, 0.05) is 6.07 Å². The summed E-state index contributed by atoms with van der Waals surface area (Å²) in [7, 11) is 0. The number of carbonyl (C=O) groups excluding carboxylic acids is 2. The van der Waals surface area contributed by atoms with Gasteiger partial charge >= 0.3 is 0 Å². The van der Waals surface area contributed by atoms with Crippen LogP contribution in [-0.4, -0.2) is 23.9 Å². The summed E-state index contributed by atoms with van der Waals surface area (Å²) < 4.78 is 26.6. The van der Waals surface area contributed by atoms with E-state index in [9.17, 15) is 18.4 Å². The Morgan fingerprint density at radius 3 is 2.35 bits per heavy atom. The van der Waals surface area contributed by atoms with Gasteiger partial charge < -0.3 is 5.32 Å². The van der Waals surface area contributed by atoms with Gasteiger partial charge in [-0.15, -0.1) is 0 Å². The number of anilines is 1. The lowest BCUT2D eigenvalue weighted by molar-refractivity contribution is -0.133. The summed E-state index contributed by atoms with van der Waals surface area (Å²) in [5, 5.41) is 2.63. The second kappa shape index (κ2) is 5.56. The van der Waals surface area contributed by atoms with Gasteiger partial charge in [0.15, 0.2) is 0 Å². The van der Waals surface area contributed by atoms with Gasteiger partial charge in [-0.05, 0) is 25.5 Å². The Kier molecular flexibility index (Phi) is 4.01. The van der Waals surface area contributed by atoms with E-state index in [1.165, 1.54) is 6.92 Å². The summed E-state index contributed by atoms with van der Waals surface area (Å²) in [6.07, 6.45) is 1.21. The van der Waals surface area contributed by atoms with Crippen molar-refractivity contribution in [2.75, 3.05) is 4.90 Å². The predicted molar refractivity (Wildman–Crippen MR) is 70.1 cm³/mol. The number of rotatable bonds is 3. The minimum absolute atomic E-state index is 0.0657. The Morgan fingerprint density at radius 2 is 1.80 bits per heavy atom. The van der Waals surface area contributed by atoms with Crippen molar-refractivity contribution >= 4 is 17.5 Å². The Labute approximate surface area is 115 Å². The van der Waals surface area contributed by atoms with Gasteiger partial charge in [-0.3, -0.25) is 14.5 Å². The third kappa shape index (κ3) is 2.64. The van der Waals surface area contributed by atoms with Gasteiger partial charge in [0.25, 0.3) is 0 Å². The van der Waals surface area contributed by atoms with Crippen LogP contribution >= 0.6 is 0 Å². The van der Waals surface area contributed by atoms with Crippen molar-refractivity contribution in [2.24, 2.45) is 0 Å². The number of benzene rings is 1. The molecular weight excluding hydrogens is 266 g/mol. The third-order valence-electron chi connectivity index (χ3n) is 3.32. The van der Waals surface area contributed by atoms with Gasteiger partial charge in [0.05, 0.1) is 5.69 Å². The molecule has 0 aliphatic carbocycles. The van der Waals surface area contributed by atoms with Crippen LogP contribution in [0, 0.1) is 11.6 Å². The quantitative estimate of drug-likeness (QED) is 0.921. The molecule has 1 heterocycles. The molecule has 1 aromatic rings. The van der Waals surface area contributed by atoms with Crippen LogP contribution in [0.25, 0.3) is 0 Å². The summed E-state index contributed by atoms with van der Waals surface area (Å²) in [6.45, 7) is 3.42. The number of hydrogen-bond acceptors (Lipinski definition) is 2. The Balaban J connectivity index is 2.40. The Morgan fingerprint density at radius 1 is 1.20 bits per heavy atom. The van der Waals surface area contributed by atoms with Crippen LogP contribution in [0.15, 0.2) is 18.2 Å². The minimum Gasteiger partial charge on any atom is -0.342 e. The van der Waals surface area contributed by atoms with Crippen LogP contribution in [0.4, 0.5) is 14.5 Å². The number of nitrogens with one attached hydrogen (secondary N) is 1. The molecular formula is C14H16F2N2O2. The molecule has 0 aromatic heterocycles. The molecule has 1 saturated heterocycles. The highest BCUT2D eigenvalue weighted by Gasteiger charge is 2.38. The van der Waals surface area contributed by atoms with Crippen molar-refractivity contribution in [1.29, 1.82) is 0 Å². The van der Waals surface area contributed by atoms with E-state index in [-0.39, 0.29) is 17.5 Å². The molecule has 1 aliphatic rings. The lowest BCUT2D eigenvalue weighted by Crippen LogP contribution is -2.62. The lowest BCUT2D eigenvalue weighted by atomic mass is 10.0. The first-order chi connectivity index (χ1) is 9.43. The molecule has 1 aliphatic heterocycles. The summed E-state index contributed by atoms with van der Waals surface area (Å²) >= 11 is 0. The average molecular weight is 282 g/mol. The van der Waals surface area contributed by atoms with Gasteiger partial charge in [0.1, 0.15) is 23.7 Å². The summed E-state index contributed by atoms with van der Waals surface area (Å²) in [5.74, 6) is -2.23. The molecule has 0 saturated carbocycles. The number of nitrogens with zero attached hydrogens (tertiary/aromatic N) is 1. The van der Waals surface area contributed by atoms with Crippen molar-refractivity contribution < 1.29 is 18.4 Å². The van der Waals surface area contributed by atoms with Gasteiger partial charge in [0.2, 0.25) is 11.8 Å². The zero-order valence-corrected chi connectivity index (χ0v) is 11.3. The zero-order chi connectivity index (χ0) is 14.9. The van der Waals surface area contributed by atoms with Gasteiger partial charge in [-0.1, -0.05) is 13.3 Å². The third-order valence-corrected chi connectivity index (χ3v) is 3.32. The van der Waals surface area contributed by atoms with Crippen molar-refractivity contribution in [3.05, 3.63) is 29.8 Å². The Bertz CT molecular complexity index is 528. The maximum absolute atomic E-state index is 13.3. The van der Waals surface area contributed by atoms with E-state index in [1.807, 2.05) is 6.92 Å². The van der Waals surface area contributed by atoms with Crippen molar-refractivity contribution in [1.82, 2.24) is 5.32 Å². The number of hydrogen-bond donors (Lipinski definition) is 1. The van der Waals surface area contributed by atoms with Crippen LogP contribution in [0.1, 0.15) is 26.7 Å². The molecule has 1 N–H and O–H groups in total. The number of amides is 2. The van der Waals surface area contributed by atoms with Crippen molar-refractivity contribution in [3.8, 4) is 0 Å². The van der Waals surface area contributed by atoms with E-state index >= 15 is 0 Å².